The van der Waals surface area contributed by atoms with E-state index in [4.69, 9.17) is 20.9 Å². The first kappa shape index (κ1) is 60.3. The van der Waals surface area contributed by atoms with Gasteiger partial charge in [0.2, 0.25) is 41.4 Å². The van der Waals surface area contributed by atoms with E-state index in [9.17, 15) is 53.0 Å². The lowest BCUT2D eigenvalue weighted by Crippen LogP contribution is -2.61. The number of aliphatic hydroxyl groups excluding tert-OH is 1. The molecule has 71 heavy (non-hydrogen) atoms. The zero-order valence-corrected chi connectivity index (χ0v) is 42.4. The maximum absolute atomic E-state index is 14.3. The van der Waals surface area contributed by atoms with Crippen LogP contribution >= 0.6 is 20.5 Å². The maximum atomic E-state index is 14.3. The number of ether oxygens (including phenoxy) is 2. The third kappa shape index (κ3) is 22.1. The van der Waals surface area contributed by atoms with Gasteiger partial charge in [-0.3, -0.25) is 38.1 Å². The summed E-state index contributed by atoms with van der Waals surface area (Å²) in [6.07, 6.45) is 5.78. The zero-order valence-electron chi connectivity index (χ0n) is 40.6. The van der Waals surface area contributed by atoms with Crippen molar-refractivity contribution in [2.75, 3.05) is 51.9 Å². The molecule has 0 spiro atoms. The van der Waals surface area contributed by atoms with E-state index in [0.717, 1.165) is 32.6 Å². The van der Waals surface area contributed by atoms with Crippen LogP contribution in [0.25, 0.3) is 0 Å². The van der Waals surface area contributed by atoms with Crippen molar-refractivity contribution < 1.29 is 67.0 Å². The summed E-state index contributed by atoms with van der Waals surface area (Å²) in [5.74, 6) is -5.26. The molecule has 0 bridgehead atoms. The number of hydrogen-bond acceptors (Lipinski definition) is 15. The molecule has 3 rings (SSSR count). The highest BCUT2D eigenvalue weighted by Crippen LogP contribution is 2.38. The summed E-state index contributed by atoms with van der Waals surface area (Å²) in [6, 6.07) is 2.27. The van der Waals surface area contributed by atoms with Crippen molar-refractivity contribution >= 4 is 61.8 Å². The van der Waals surface area contributed by atoms with Gasteiger partial charge in [0.25, 0.3) is 0 Å². The second-order valence-electron chi connectivity index (χ2n) is 17.6. The Hall–Kier alpha value is -4.98. The maximum Gasteiger partial charge on any atom is 0.469 e. The van der Waals surface area contributed by atoms with Gasteiger partial charge in [0.15, 0.2) is 0 Å². The molecule has 0 radical (unpaired) electrons. The van der Waals surface area contributed by atoms with Crippen LogP contribution in [0.4, 0.5) is 0 Å². The lowest BCUT2D eigenvalue weighted by atomic mass is 10.0. The van der Waals surface area contributed by atoms with Gasteiger partial charge in [0, 0.05) is 43.7 Å². The standard InChI is InChI=1S/C45H73N10O14PS/c1-29(2)23-34(51-45(63)37-14-10-18-55(37)38(57)15-19-67-21-22-68-20-16-49-41(59)33(46)27-71)42(60)50-35(24-32-25-48-28-54(32)17-9-5-8-13-31-11-6-4-7-12-31)43(61)52-36(26-56)44(62)53-39(40(47)58)30(3)69-70(64,65)66/h4,6-7,11-12,25,28-30,33-37,39,56,71H,5,8-10,13-24,26-27,46H2,1-3H3,(H2,47,58)(H,49,59)(H,50,60)(H,51,63)(H,52,61)(H,53,62)(H2,64,65,66)/t30-,33+,34+,35+,36+,37+,39+/m1/s1. The largest absolute Gasteiger partial charge is 0.469 e. The monoisotopic (exact) mass is 1040 g/mol. The fourth-order valence-electron chi connectivity index (χ4n) is 7.65. The number of aryl methyl sites for hydroxylation is 2. The minimum atomic E-state index is -5.14. The Kier molecular flexibility index (Phi) is 26.7. The fourth-order valence-corrected chi connectivity index (χ4v) is 8.38. The third-order valence-electron chi connectivity index (χ3n) is 11.4. The minimum absolute atomic E-state index is 0.0192. The van der Waals surface area contributed by atoms with Crippen molar-refractivity contribution in [1.82, 2.24) is 41.0 Å². The van der Waals surface area contributed by atoms with Crippen LogP contribution in [0.5, 0.6) is 0 Å². The van der Waals surface area contributed by atoms with Gasteiger partial charge >= 0.3 is 7.82 Å². The lowest BCUT2D eigenvalue weighted by molar-refractivity contribution is -0.140. The number of aromatic nitrogens is 2. The molecule has 24 nitrogen and oxygen atoms in total. The van der Waals surface area contributed by atoms with Crippen molar-refractivity contribution in [3.8, 4) is 0 Å². The second kappa shape index (κ2) is 31.5. The highest BCUT2D eigenvalue weighted by molar-refractivity contribution is 7.80. The van der Waals surface area contributed by atoms with E-state index < -0.39 is 86.3 Å². The number of nitrogens with zero attached hydrogens (tertiary/aromatic N) is 3. The Bertz CT molecular complexity index is 2060. The molecule has 26 heteroatoms. The summed E-state index contributed by atoms with van der Waals surface area (Å²) in [6.45, 7) is 5.50. The predicted octanol–water partition coefficient (Wildman–Crippen LogP) is -1.41. The van der Waals surface area contributed by atoms with E-state index >= 15 is 0 Å². The summed E-state index contributed by atoms with van der Waals surface area (Å²) < 4.78 is 28.8. The van der Waals surface area contributed by atoms with E-state index in [2.05, 4.69) is 60.9 Å². The molecule has 0 aliphatic carbocycles. The van der Waals surface area contributed by atoms with Gasteiger partial charge in [0.05, 0.1) is 57.9 Å². The average Bonchev–Trinajstić information content (AvgIpc) is 4.00. The summed E-state index contributed by atoms with van der Waals surface area (Å²) >= 11 is 3.99. The number of rotatable bonds is 34. The van der Waals surface area contributed by atoms with Crippen LogP contribution in [0.3, 0.4) is 0 Å². The number of hydrogen-bond donors (Lipinski definition) is 11. The van der Waals surface area contributed by atoms with E-state index in [1.807, 2.05) is 36.6 Å². The average molecular weight is 1040 g/mol. The van der Waals surface area contributed by atoms with Crippen LogP contribution in [-0.2, 0) is 71.5 Å². The van der Waals surface area contributed by atoms with Crippen molar-refractivity contribution in [2.45, 2.75) is 127 Å². The van der Waals surface area contributed by atoms with Crippen LogP contribution in [0, 0.1) is 5.92 Å². The van der Waals surface area contributed by atoms with Gasteiger partial charge in [-0.15, -0.1) is 0 Å². The van der Waals surface area contributed by atoms with Crippen molar-refractivity contribution in [1.29, 1.82) is 0 Å². The summed E-state index contributed by atoms with van der Waals surface area (Å²) in [5.41, 5.74) is 12.7. The number of nitrogens with one attached hydrogen (secondary N) is 5. The van der Waals surface area contributed by atoms with Crippen LogP contribution in [-0.4, -0.2) is 165 Å². The molecule has 1 fully saturated rings. The van der Waals surface area contributed by atoms with Crippen molar-refractivity contribution in [3.05, 3.63) is 54.1 Å². The van der Waals surface area contributed by atoms with Crippen LogP contribution < -0.4 is 38.1 Å². The Balaban J connectivity index is 1.72. The molecule has 1 aromatic heterocycles. The van der Waals surface area contributed by atoms with Gasteiger partial charge < -0.3 is 71.9 Å². The third-order valence-corrected chi connectivity index (χ3v) is 12.4. The number of aliphatic hydroxyl groups is 1. The van der Waals surface area contributed by atoms with Crippen molar-refractivity contribution in [3.63, 3.8) is 0 Å². The molecule has 7 amide bonds. The zero-order chi connectivity index (χ0) is 52.5. The molecular weight excluding hydrogens is 968 g/mol. The molecular formula is C45H73N10O14PS. The van der Waals surface area contributed by atoms with E-state index in [-0.39, 0.29) is 75.7 Å². The Morgan fingerprint density at radius 1 is 0.873 bits per heavy atom. The number of benzene rings is 1. The first-order valence-corrected chi connectivity index (χ1v) is 25.9. The summed E-state index contributed by atoms with van der Waals surface area (Å²) in [5, 5.41) is 22.9. The molecule has 2 aromatic rings. The van der Waals surface area contributed by atoms with Gasteiger partial charge in [-0.1, -0.05) is 50.6 Å². The number of carbonyl (C=O) groups excluding carboxylic acids is 7. The molecule has 7 atom stereocenters. The molecule has 12 N–H and O–H groups in total. The number of primary amides is 1. The minimum Gasteiger partial charge on any atom is -0.394 e. The van der Waals surface area contributed by atoms with Gasteiger partial charge in [-0.25, -0.2) is 9.55 Å². The predicted molar refractivity (Wildman–Crippen MR) is 262 cm³/mol. The molecule has 1 aromatic carbocycles. The molecule has 0 unspecified atom stereocenters. The smallest absolute Gasteiger partial charge is 0.394 e. The first-order chi connectivity index (χ1) is 33.7. The van der Waals surface area contributed by atoms with E-state index in [1.54, 1.807) is 6.33 Å². The second-order valence-corrected chi connectivity index (χ2v) is 19.1. The van der Waals surface area contributed by atoms with Gasteiger partial charge in [-0.2, -0.15) is 12.6 Å². The molecule has 1 aliphatic rings. The number of amides is 7. The van der Waals surface area contributed by atoms with Crippen LogP contribution in [0.15, 0.2) is 42.9 Å². The molecule has 2 heterocycles. The number of thiol groups is 1. The Labute approximate surface area is 419 Å². The van der Waals surface area contributed by atoms with E-state index in [0.29, 0.717) is 31.6 Å². The molecule has 398 valence electrons. The molecule has 1 saturated heterocycles. The summed E-state index contributed by atoms with van der Waals surface area (Å²) in [7, 11) is -5.14. The number of nitrogens with two attached hydrogens (primary N) is 2. The van der Waals surface area contributed by atoms with Crippen LogP contribution in [0.2, 0.25) is 0 Å². The van der Waals surface area contributed by atoms with Gasteiger partial charge in [-0.05, 0) is 56.9 Å². The summed E-state index contributed by atoms with van der Waals surface area (Å²) in [4.78, 5) is 117. The van der Waals surface area contributed by atoms with E-state index in [1.165, 1.54) is 16.7 Å². The molecule has 1 aliphatic heterocycles. The highest BCUT2D eigenvalue weighted by atomic mass is 32.1. The Morgan fingerprint density at radius 2 is 1.54 bits per heavy atom. The number of unbranched alkanes of at least 4 members (excludes halogenated alkanes) is 2. The SMILES string of the molecule is CC(C)C[C@H](NC(=O)[C@@H]1CCCN1C(=O)CCOCCOCCNC(=O)[C@@H](N)CS)C(=O)N[C@@H](Cc1cncn1CCCCCc1ccccc1)C(=O)N[C@@H](CO)C(=O)N[C@H](C(N)=O)[C@@H](C)OP(=O)(O)O. The van der Waals surface area contributed by atoms with Crippen LogP contribution in [0.1, 0.15) is 77.0 Å². The first-order valence-electron chi connectivity index (χ1n) is 23.7. The number of phosphoric acid groups is 1. The fraction of sp³-hybridized carbons (Fsp3) is 0.644. The number of carbonyl (C=O) groups is 7. The highest BCUT2D eigenvalue weighted by Gasteiger charge is 2.38. The molecule has 0 saturated carbocycles. The quantitative estimate of drug-likeness (QED) is 0.0218. The number of likely N-dealkylation sites (tertiary alicyclic amines) is 1. The van der Waals surface area contributed by atoms with Crippen molar-refractivity contribution in [2.24, 2.45) is 17.4 Å². The number of imidazole rings is 1. The number of phosphoric ester groups is 1. The lowest BCUT2D eigenvalue weighted by Gasteiger charge is -2.29. The topological polar surface area (TPSA) is 358 Å². The van der Waals surface area contributed by atoms with Gasteiger partial charge in [0.1, 0.15) is 30.2 Å². The Morgan fingerprint density at radius 3 is 2.18 bits per heavy atom. The normalized spacial score (nSPS) is 16.3.